The summed E-state index contributed by atoms with van der Waals surface area (Å²) in [5.41, 5.74) is 2.46. The van der Waals surface area contributed by atoms with Crippen molar-refractivity contribution in [1.29, 1.82) is 0 Å². The van der Waals surface area contributed by atoms with Gasteiger partial charge in [-0.1, -0.05) is 44.5 Å². The third kappa shape index (κ3) is 9.51. The molecule has 0 radical (unpaired) electrons. The number of nitrogens with zero attached hydrogens (tertiary/aromatic N) is 1. The van der Waals surface area contributed by atoms with E-state index >= 15 is 0 Å². The van der Waals surface area contributed by atoms with Gasteiger partial charge in [0.15, 0.2) is 5.78 Å². The molecule has 0 aromatic heterocycles. The van der Waals surface area contributed by atoms with Crippen LogP contribution in [0.1, 0.15) is 91.5 Å². The molecule has 5 nitrogen and oxygen atoms in total. The van der Waals surface area contributed by atoms with Crippen LogP contribution >= 0.6 is 11.6 Å². The molecule has 1 heterocycles. The summed E-state index contributed by atoms with van der Waals surface area (Å²) in [5, 5.41) is 5.68. The molecule has 1 unspecified atom stereocenters. The number of carbonyl (C=O) groups is 2. The molecule has 1 fully saturated rings. The van der Waals surface area contributed by atoms with E-state index in [-0.39, 0.29) is 17.8 Å². The molecular weight excluding hydrogens is 508 g/mol. The first-order valence-electron chi connectivity index (χ1n) is 14.5. The van der Waals surface area contributed by atoms with Gasteiger partial charge >= 0.3 is 0 Å². The Morgan fingerprint density at radius 3 is 2.59 bits per heavy atom. The fourth-order valence-electron chi connectivity index (χ4n) is 5.48. The van der Waals surface area contributed by atoms with Crippen LogP contribution in [0.5, 0.6) is 0 Å². The van der Waals surface area contributed by atoms with Crippen LogP contribution in [0.2, 0.25) is 5.02 Å². The summed E-state index contributed by atoms with van der Waals surface area (Å²) in [6.45, 7) is 10.8. The predicted molar refractivity (Wildman–Crippen MR) is 162 cm³/mol. The lowest BCUT2D eigenvalue weighted by Gasteiger charge is -2.24. The summed E-state index contributed by atoms with van der Waals surface area (Å²) in [4.78, 5) is 27.9. The van der Waals surface area contributed by atoms with Crippen LogP contribution in [-0.2, 0) is 11.2 Å². The molecule has 0 saturated carbocycles. The minimum Gasteiger partial charge on any atom is -0.380 e. The highest BCUT2D eigenvalue weighted by atomic mass is 35.5. The maximum Gasteiger partial charge on any atom is 0.251 e. The van der Waals surface area contributed by atoms with E-state index in [0.29, 0.717) is 29.5 Å². The molecule has 0 bridgehead atoms. The highest BCUT2D eigenvalue weighted by Gasteiger charge is 2.18. The summed E-state index contributed by atoms with van der Waals surface area (Å²) in [6, 6.07) is 11.0. The van der Waals surface area contributed by atoms with E-state index in [1.165, 1.54) is 0 Å². The van der Waals surface area contributed by atoms with Crippen molar-refractivity contribution in [3.8, 4) is 0 Å². The van der Waals surface area contributed by atoms with E-state index in [1.807, 2.05) is 12.1 Å². The molecule has 1 aliphatic heterocycles. The number of rotatable bonds is 14. The van der Waals surface area contributed by atoms with Gasteiger partial charge in [-0.3, -0.25) is 9.59 Å². The largest absolute Gasteiger partial charge is 0.380 e. The Morgan fingerprint density at radius 2 is 1.92 bits per heavy atom. The van der Waals surface area contributed by atoms with Crippen LogP contribution in [0.4, 0.5) is 0 Å². The van der Waals surface area contributed by atoms with Crippen LogP contribution in [0.25, 0.3) is 12.8 Å². The summed E-state index contributed by atoms with van der Waals surface area (Å²) >= 11 is 5.95. The van der Waals surface area contributed by atoms with Crippen molar-refractivity contribution in [2.75, 3.05) is 26.7 Å². The zero-order valence-corrected chi connectivity index (χ0v) is 24.7. The topological polar surface area (TPSA) is 58.6 Å². The maximum absolute atomic E-state index is 13.1. The molecule has 0 aliphatic carbocycles. The number of ketones is 1. The van der Waals surface area contributed by atoms with E-state index in [9.17, 15) is 9.59 Å². The Bertz CT molecular complexity index is 1190. The van der Waals surface area contributed by atoms with Gasteiger partial charge in [-0.25, -0.2) is 0 Å². The molecule has 1 N–H and O–H groups in total. The lowest BCUT2D eigenvalue weighted by atomic mass is 9.94. The van der Waals surface area contributed by atoms with E-state index in [4.69, 9.17) is 16.3 Å². The maximum atomic E-state index is 13.1. The van der Waals surface area contributed by atoms with Gasteiger partial charge in [0.1, 0.15) is 0 Å². The number of Topliss-reactive ketones (excluding diaryl/α,β-unsaturated/α-hetero) is 1. The molecule has 1 saturated heterocycles. The monoisotopic (exact) mass is 552 g/mol. The number of carbonyl (C=O) groups excluding carboxylic acids is 2. The van der Waals surface area contributed by atoms with Crippen molar-refractivity contribution in [2.24, 2.45) is 5.92 Å². The fourth-order valence-corrected chi connectivity index (χ4v) is 5.61. The number of amides is 1. The SMILES string of the molecule is C=c1ccc(C(=O)NC[C@H]2CCCCO2)c(CC)/c1=C/N(C)CC(CCC)CCCC(=O)c1ccc(Cl)cc1. The van der Waals surface area contributed by atoms with Crippen LogP contribution in [-0.4, -0.2) is 49.4 Å². The first kappa shape index (κ1) is 30.9. The molecule has 2 atom stereocenters. The Labute approximate surface area is 239 Å². The van der Waals surface area contributed by atoms with Crippen molar-refractivity contribution >= 4 is 36.1 Å². The number of ether oxygens (including phenoxy) is 1. The Kier molecular flexibility index (Phi) is 12.5. The van der Waals surface area contributed by atoms with E-state index in [0.717, 1.165) is 86.1 Å². The van der Waals surface area contributed by atoms with Gasteiger partial charge in [-0.05, 0) is 92.0 Å². The first-order chi connectivity index (χ1) is 18.8. The normalized spacial score (nSPS) is 16.6. The second kappa shape index (κ2) is 15.8. The Morgan fingerprint density at radius 1 is 1.15 bits per heavy atom. The van der Waals surface area contributed by atoms with Gasteiger partial charge in [0.2, 0.25) is 0 Å². The molecule has 212 valence electrons. The number of hydrogen-bond donors (Lipinski definition) is 1. The van der Waals surface area contributed by atoms with Crippen molar-refractivity contribution in [3.05, 3.63) is 68.5 Å². The second-order valence-electron chi connectivity index (χ2n) is 10.8. The molecule has 2 aromatic carbocycles. The minimum absolute atomic E-state index is 0.0486. The van der Waals surface area contributed by atoms with Crippen LogP contribution in [0.15, 0.2) is 36.4 Å². The van der Waals surface area contributed by atoms with Crippen LogP contribution in [0, 0.1) is 5.92 Å². The molecule has 3 rings (SSSR count). The van der Waals surface area contributed by atoms with Crippen molar-refractivity contribution in [2.45, 2.75) is 77.7 Å². The molecular formula is C33H45ClN2O3. The Balaban J connectivity index is 1.65. The summed E-state index contributed by atoms with van der Waals surface area (Å²) in [6.07, 6.45) is 10.9. The van der Waals surface area contributed by atoms with Gasteiger partial charge in [0.25, 0.3) is 5.91 Å². The molecule has 6 heteroatoms. The number of halogens is 1. The highest BCUT2D eigenvalue weighted by Crippen LogP contribution is 2.19. The van der Waals surface area contributed by atoms with Gasteiger partial charge < -0.3 is 15.0 Å². The Hall–Kier alpha value is -2.63. The van der Waals surface area contributed by atoms with E-state index in [2.05, 4.69) is 43.9 Å². The third-order valence-corrected chi connectivity index (χ3v) is 7.84. The second-order valence-corrected chi connectivity index (χ2v) is 11.2. The van der Waals surface area contributed by atoms with Gasteiger partial charge in [0.05, 0.1) is 6.10 Å². The summed E-state index contributed by atoms with van der Waals surface area (Å²) in [5.74, 6) is 0.600. The van der Waals surface area contributed by atoms with E-state index < -0.39 is 0 Å². The fraction of sp³-hybridized carbons (Fsp3) is 0.515. The number of nitrogens with one attached hydrogen (secondary N) is 1. The standard InChI is InChI=1S/C33H45ClN2O3/c1-5-10-25(11-9-13-32(37)26-15-17-27(34)18-16-26)22-36(4)23-31-24(3)14-19-30(29(31)6-2)33(38)35-21-28-12-7-8-20-39-28/h14-19,23,25,28H,3,5-13,20-22H2,1-2,4H3,(H,35,38)/b31-23+/t25?,28-/m1/s1. The predicted octanol–water partition coefficient (Wildman–Crippen LogP) is 5.75. The van der Waals surface area contributed by atoms with Crippen molar-refractivity contribution in [1.82, 2.24) is 10.2 Å². The van der Waals surface area contributed by atoms with Crippen molar-refractivity contribution in [3.63, 3.8) is 0 Å². The average Bonchev–Trinajstić information content (AvgIpc) is 2.93. The lowest BCUT2D eigenvalue weighted by Crippen LogP contribution is -2.38. The molecule has 2 aromatic rings. The highest BCUT2D eigenvalue weighted by molar-refractivity contribution is 6.30. The van der Waals surface area contributed by atoms with Crippen LogP contribution in [0.3, 0.4) is 0 Å². The van der Waals surface area contributed by atoms with Gasteiger partial charge in [0, 0.05) is 60.7 Å². The lowest BCUT2D eigenvalue weighted by molar-refractivity contribution is 0.0169. The molecule has 0 spiro atoms. The first-order valence-corrected chi connectivity index (χ1v) is 14.9. The third-order valence-electron chi connectivity index (χ3n) is 7.58. The summed E-state index contributed by atoms with van der Waals surface area (Å²) < 4.78 is 5.78. The smallest absolute Gasteiger partial charge is 0.251 e. The van der Waals surface area contributed by atoms with Crippen molar-refractivity contribution < 1.29 is 14.3 Å². The molecule has 1 amide bonds. The zero-order valence-electron chi connectivity index (χ0n) is 23.9. The minimum atomic E-state index is -0.0486. The average molecular weight is 553 g/mol. The quantitative estimate of drug-likeness (QED) is 0.303. The van der Waals surface area contributed by atoms with Gasteiger partial charge in [-0.2, -0.15) is 0 Å². The zero-order chi connectivity index (χ0) is 28.2. The molecule has 39 heavy (non-hydrogen) atoms. The molecule has 1 aliphatic rings. The van der Waals surface area contributed by atoms with Crippen LogP contribution < -0.4 is 15.8 Å². The van der Waals surface area contributed by atoms with E-state index in [1.54, 1.807) is 24.3 Å². The number of benzene rings is 2. The van der Waals surface area contributed by atoms with Gasteiger partial charge in [-0.15, -0.1) is 0 Å². The summed E-state index contributed by atoms with van der Waals surface area (Å²) in [7, 11) is 2.09. The number of hydrogen-bond acceptors (Lipinski definition) is 4.